The van der Waals surface area contributed by atoms with Crippen molar-refractivity contribution in [2.75, 3.05) is 12.0 Å². The summed E-state index contributed by atoms with van der Waals surface area (Å²) in [6.45, 7) is 3.61. The van der Waals surface area contributed by atoms with Gasteiger partial charge in [0.1, 0.15) is 17.8 Å². The second kappa shape index (κ2) is 5.99. The van der Waals surface area contributed by atoms with Crippen LogP contribution in [-0.2, 0) is 19.9 Å². The van der Waals surface area contributed by atoms with Crippen molar-refractivity contribution in [1.82, 2.24) is 0 Å². The third-order valence-corrected chi connectivity index (χ3v) is 3.67. The largest absolute Gasteiger partial charge is 1.00 e. The van der Waals surface area contributed by atoms with E-state index >= 15 is 0 Å². The van der Waals surface area contributed by atoms with E-state index < -0.39 is 9.93 Å². The number of hydrogen-bond donors (Lipinski definition) is 0. The Balaban J connectivity index is 0.00000169. The SMILES string of the molecule is C=CC[S+](C)(=O)Cc1ccccc1.[Cl-]. The van der Waals surface area contributed by atoms with E-state index in [0.29, 0.717) is 11.5 Å². The number of benzene rings is 1. The van der Waals surface area contributed by atoms with Gasteiger partial charge in [-0.25, -0.2) is 0 Å². The molecule has 0 N–H and O–H groups in total. The van der Waals surface area contributed by atoms with E-state index in [-0.39, 0.29) is 12.4 Å². The first kappa shape index (κ1) is 13.4. The average Bonchev–Trinajstić information content (AvgIpc) is 2.04. The van der Waals surface area contributed by atoms with E-state index in [1.165, 1.54) is 0 Å². The Morgan fingerprint density at radius 3 is 2.43 bits per heavy atom. The third-order valence-electron chi connectivity index (χ3n) is 1.79. The fraction of sp³-hybridized carbons (Fsp3) is 0.273. The molecule has 0 radical (unpaired) electrons. The van der Waals surface area contributed by atoms with Crippen LogP contribution in [0.5, 0.6) is 0 Å². The zero-order valence-electron chi connectivity index (χ0n) is 8.28. The Labute approximate surface area is 93.1 Å². The van der Waals surface area contributed by atoms with Crippen LogP contribution in [0.1, 0.15) is 5.56 Å². The highest BCUT2D eigenvalue weighted by Crippen LogP contribution is 2.11. The molecule has 0 bridgehead atoms. The highest BCUT2D eigenvalue weighted by atomic mass is 35.5. The monoisotopic (exact) mass is 230 g/mol. The van der Waals surface area contributed by atoms with Crippen LogP contribution in [0.2, 0.25) is 0 Å². The van der Waals surface area contributed by atoms with Gasteiger partial charge >= 0.3 is 0 Å². The van der Waals surface area contributed by atoms with Gasteiger partial charge in [-0.05, 0) is 6.08 Å². The van der Waals surface area contributed by atoms with Crippen molar-refractivity contribution in [2.45, 2.75) is 5.75 Å². The van der Waals surface area contributed by atoms with Crippen LogP contribution in [0.25, 0.3) is 0 Å². The highest BCUT2D eigenvalue weighted by molar-refractivity contribution is 8.01. The van der Waals surface area contributed by atoms with Crippen LogP contribution < -0.4 is 12.4 Å². The molecule has 0 saturated carbocycles. The lowest BCUT2D eigenvalue weighted by Gasteiger charge is -2.04. The highest BCUT2D eigenvalue weighted by Gasteiger charge is 2.18. The zero-order valence-corrected chi connectivity index (χ0v) is 9.85. The minimum atomic E-state index is -1.75. The first-order valence-corrected chi connectivity index (χ1v) is 6.54. The van der Waals surface area contributed by atoms with E-state index in [2.05, 4.69) is 6.58 Å². The second-order valence-electron chi connectivity index (χ2n) is 3.27. The van der Waals surface area contributed by atoms with Gasteiger partial charge in [0.25, 0.3) is 0 Å². The normalized spacial score (nSPS) is 13.8. The summed E-state index contributed by atoms with van der Waals surface area (Å²) in [7, 11) is -1.75. The molecular weight excluding hydrogens is 216 g/mol. The molecule has 3 heteroatoms. The van der Waals surface area contributed by atoms with E-state index in [1.807, 2.05) is 36.6 Å². The number of halogens is 1. The molecule has 0 spiro atoms. The third kappa shape index (κ3) is 4.58. The molecule has 0 aliphatic heterocycles. The lowest BCUT2D eigenvalue weighted by atomic mass is 10.2. The average molecular weight is 231 g/mol. The van der Waals surface area contributed by atoms with Crippen LogP contribution in [0, 0.1) is 0 Å². The molecular formula is C11H15ClOS. The maximum absolute atomic E-state index is 11.9. The van der Waals surface area contributed by atoms with Gasteiger partial charge in [0.05, 0.1) is 9.93 Å². The standard InChI is InChI=1S/C11H15OS.ClH/c1-3-9-13(2,12)10-11-7-5-4-6-8-11;/h3-8H,1,9-10H2,2H3;1H/q+1;/p-1. The van der Waals surface area contributed by atoms with Crippen molar-refractivity contribution in [3.05, 3.63) is 48.6 Å². The van der Waals surface area contributed by atoms with Crippen molar-refractivity contribution in [1.29, 1.82) is 0 Å². The van der Waals surface area contributed by atoms with Gasteiger partial charge in [-0.3, -0.25) is 0 Å². The van der Waals surface area contributed by atoms with Gasteiger partial charge in [-0.15, -0.1) is 4.21 Å². The fourth-order valence-corrected chi connectivity index (χ4v) is 2.75. The topological polar surface area (TPSA) is 17.1 Å². The van der Waals surface area contributed by atoms with Crippen LogP contribution in [0.3, 0.4) is 0 Å². The summed E-state index contributed by atoms with van der Waals surface area (Å²) >= 11 is 0. The summed E-state index contributed by atoms with van der Waals surface area (Å²) in [6, 6.07) is 9.92. The lowest BCUT2D eigenvalue weighted by molar-refractivity contribution is -0.00000423. The Bertz CT molecular complexity index is 321. The smallest absolute Gasteiger partial charge is 0.137 e. The van der Waals surface area contributed by atoms with Crippen molar-refractivity contribution in [2.24, 2.45) is 0 Å². The van der Waals surface area contributed by atoms with Gasteiger partial charge in [0.2, 0.25) is 0 Å². The maximum Gasteiger partial charge on any atom is 0.137 e. The maximum atomic E-state index is 11.9. The quantitative estimate of drug-likeness (QED) is 0.504. The van der Waals surface area contributed by atoms with Crippen LogP contribution in [0.15, 0.2) is 43.0 Å². The van der Waals surface area contributed by atoms with E-state index in [1.54, 1.807) is 6.08 Å². The summed E-state index contributed by atoms with van der Waals surface area (Å²) < 4.78 is 11.9. The van der Waals surface area contributed by atoms with Gasteiger partial charge in [-0.1, -0.05) is 36.9 Å². The molecule has 0 heterocycles. The summed E-state index contributed by atoms with van der Waals surface area (Å²) in [5, 5.41) is 0. The number of rotatable bonds is 4. The predicted molar refractivity (Wildman–Crippen MR) is 59.2 cm³/mol. The molecule has 14 heavy (non-hydrogen) atoms. The van der Waals surface area contributed by atoms with E-state index in [4.69, 9.17) is 0 Å². The summed E-state index contributed by atoms with van der Waals surface area (Å²) in [6.07, 6.45) is 3.53. The molecule has 0 aliphatic carbocycles. The molecule has 0 amide bonds. The Hall–Kier alpha value is -0.600. The minimum absolute atomic E-state index is 0. The van der Waals surface area contributed by atoms with Gasteiger partial charge < -0.3 is 12.4 Å². The van der Waals surface area contributed by atoms with Crippen LogP contribution >= 0.6 is 0 Å². The molecule has 0 fully saturated rings. The summed E-state index contributed by atoms with van der Waals surface area (Å²) in [5.41, 5.74) is 1.14. The molecule has 78 valence electrons. The van der Waals surface area contributed by atoms with Crippen LogP contribution in [-0.4, -0.2) is 12.0 Å². The fourth-order valence-electron chi connectivity index (χ4n) is 1.24. The first-order valence-electron chi connectivity index (χ1n) is 4.23. The van der Waals surface area contributed by atoms with Crippen LogP contribution in [0.4, 0.5) is 0 Å². The van der Waals surface area contributed by atoms with Crippen molar-refractivity contribution < 1.29 is 16.6 Å². The molecule has 0 aliphatic rings. The van der Waals surface area contributed by atoms with Gasteiger partial charge in [0.15, 0.2) is 0 Å². The molecule has 1 aromatic rings. The van der Waals surface area contributed by atoms with Gasteiger partial charge in [-0.2, -0.15) is 0 Å². The predicted octanol–water partition coefficient (Wildman–Crippen LogP) is -0.494. The first-order chi connectivity index (χ1) is 6.14. The molecule has 0 saturated heterocycles. The molecule has 1 aromatic carbocycles. The molecule has 1 rings (SSSR count). The Morgan fingerprint density at radius 2 is 1.93 bits per heavy atom. The van der Waals surface area contributed by atoms with E-state index in [0.717, 1.165) is 5.56 Å². The molecule has 0 aromatic heterocycles. The van der Waals surface area contributed by atoms with Crippen molar-refractivity contribution >= 4 is 9.93 Å². The van der Waals surface area contributed by atoms with Gasteiger partial charge in [0, 0.05) is 5.56 Å². The number of hydrogen-bond acceptors (Lipinski definition) is 1. The summed E-state index contributed by atoms with van der Waals surface area (Å²) in [4.78, 5) is 0. The summed E-state index contributed by atoms with van der Waals surface area (Å²) in [5.74, 6) is 1.25. The van der Waals surface area contributed by atoms with Crippen molar-refractivity contribution in [3.63, 3.8) is 0 Å². The molecule has 1 atom stereocenters. The van der Waals surface area contributed by atoms with Crippen molar-refractivity contribution in [3.8, 4) is 0 Å². The zero-order chi connectivity index (χ0) is 9.73. The second-order valence-corrected chi connectivity index (χ2v) is 6.26. The molecule has 1 unspecified atom stereocenters. The molecule has 1 nitrogen and oxygen atoms in total. The Kier molecular flexibility index (Phi) is 5.73. The van der Waals surface area contributed by atoms with E-state index in [9.17, 15) is 4.21 Å². The minimum Gasteiger partial charge on any atom is -1.00 e. The lowest BCUT2D eigenvalue weighted by Crippen LogP contribution is -3.00. The Morgan fingerprint density at radius 1 is 1.36 bits per heavy atom.